The first-order valence-corrected chi connectivity index (χ1v) is 8.74. The summed E-state index contributed by atoms with van der Waals surface area (Å²) in [5.74, 6) is 2.18. The van der Waals surface area contributed by atoms with E-state index in [1.54, 1.807) is 13.4 Å². The molecule has 26 heavy (non-hydrogen) atoms. The van der Waals surface area contributed by atoms with Crippen LogP contribution in [0.5, 0.6) is 11.5 Å². The maximum absolute atomic E-state index is 5.97. The van der Waals surface area contributed by atoms with Crippen LogP contribution < -0.4 is 14.8 Å². The van der Waals surface area contributed by atoms with Crippen molar-refractivity contribution < 1.29 is 9.47 Å². The van der Waals surface area contributed by atoms with Gasteiger partial charge in [-0.3, -0.25) is 4.57 Å². The molecule has 0 aliphatic heterocycles. The van der Waals surface area contributed by atoms with E-state index in [4.69, 9.17) is 9.47 Å². The molecule has 0 aliphatic carbocycles. The van der Waals surface area contributed by atoms with E-state index in [1.807, 2.05) is 60.0 Å². The Bertz CT molecular complexity index is 833. The molecule has 136 valence electrons. The van der Waals surface area contributed by atoms with Crippen LogP contribution in [0.4, 0.5) is 5.95 Å². The first kappa shape index (κ1) is 17.8. The molecule has 1 N–H and O–H groups in total. The number of rotatable bonds is 8. The average molecular weight is 352 g/mol. The zero-order chi connectivity index (χ0) is 18.4. The van der Waals surface area contributed by atoms with Gasteiger partial charge in [-0.2, -0.15) is 0 Å². The second kappa shape index (κ2) is 8.38. The van der Waals surface area contributed by atoms with Gasteiger partial charge in [-0.25, -0.2) is 0 Å². The molecule has 0 spiro atoms. The van der Waals surface area contributed by atoms with Crippen molar-refractivity contribution in [1.82, 2.24) is 14.8 Å². The third kappa shape index (κ3) is 4.14. The van der Waals surface area contributed by atoms with Gasteiger partial charge in [0.1, 0.15) is 6.33 Å². The number of benzene rings is 2. The molecule has 3 rings (SSSR count). The fourth-order valence-corrected chi connectivity index (χ4v) is 2.54. The van der Waals surface area contributed by atoms with Gasteiger partial charge in [0.2, 0.25) is 5.95 Å². The van der Waals surface area contributed by atoms with Gasteiger partial charge in [0, 0.05) is 6.54 Å². The lowest BCUT2D eigenvalue weighted by Crippen LogP contribution is -2.11. The van der Waals surface area contributed by atoms with Crippen LogP contribution in [0.3, 0.4) is 0 Å². The van der Waals surface area contributed by atoms with Gasteiger partial charge in [0.05, 0.1) is 18.9 Å². The Morgan fingerprint density at radius 2 is 1.92 bits per heavy atom. The second-order valence-corrected chi connectivity index (χ2v) is 6.04. The zero-order valence-electron chi connectivity index (χ0n) is 15.3. The van der Waals surface area contributed by atoms with E-state index in [0.717, 1.165) is 29.2 Å². The Balaban J connectivity index is 1.74. The van der Waals surface area contributed by atoms with Crippen molar-refractivity contribution in [3.63, 3.8) is 0 Å². The molecule has 0 saturated heterocycles. The molecule has 2 aromatic carbocycles. The highest BCUT2D eigenvalue weighted by atomic mass is 16.5. The van der Waals surface area contributed by atoms with Gasteiger partial charge in [-0.1, -0.05) is 31.2 Å². The molecule has 0 unspecified atom stereocenters. The minimum absolute atomic E-state index is 0.133. The molecule has 1 heterocycles. The van der Waals surface area contributed by atoms with Crippen molar-refractivity contribution in [2.24, 2.45) is 0 Å². The summed E-state index contributed by atoms with van der Waals surface area (Å²) in [5, 5.41) is 11.5. The number of nitrogens with one attached hydrogen (secondary N) is 1. The normalized spacial score (nSPS) is 11.8. The number of nitrogens with zero attached hydrogens (tertiary/aromatic N) is 3. The standard InChI is InChI=1S/C20H24N4O2/c1-4-15(2)26-19-12-16(10-11-18(19)25-3)13-21-20-23-22-14-24(20)17-8-6-5-7-9-17/h5-12,14-15H,4,13H2,1-3H3,(H,21,23)/t15-/m0/s1. The van der Waals surface area contributed by atoms with Crippen molar-refractivity contribution >= 4 is 5.95 Å². The molecule has 1 atom stereocenters. The summed E-state index contributed by atoms with van der Waals surface area (Å²) in [6.07, 6.45) is 2.77. The smallest absolute Gasteiger partial charge is 0.229 e. The SMILES string of the molecule is CC[C@H](C)Oc1cc(CNc2nncn2-c2ccccc2)ccc1OC. The predicted molar refractivity (Wildman–Crippen MR) is 102 cm³/mol. The highest BCUT2D eigenvalue weighted by molar-refractivity contribution is 5.45. The van der Waals surface area contributed by atoms with Crippen LogP contribution in [0.25, 0.3) is 5.69 Å². The largest absolute Gasteiger partial charge is 0.493 e. The van der Waals surface area contributed by atoms with Crippen molar-refractivity contribution in [2.75, 3.05) is 12.4 Å². The number of hydrogen-bond acceptors (Lipinski definition) is 5. The lowest BCUT2D eigenvalue weighted by atomic mass is 10.2. The number of anilines is 1. The molecule has 6 heteroatoms. The van der Waals surface area contributed by atoms with Crippen LogP contribution in [0.15, 0.2) is 54.9 Å². The summed E-state index contributed by atoms with van der Waals surface area (Å²) in [5.41, 5.74) is 2.09. The molecule has 3 aromatic rings. The van der Waals surface area contributed by atoms with E-state index in [9.17, 15) is 0 Å². The van der Waals surface area contributed by atoms with E-state index in [0.29, 0.717) is 12.5 Å². The van der Waals surface area contributed by atoms with Crippen molar-refractivity contribution in [1.29, 1.82) is 0 Å². The Kier molecular flexibility index (Phi) is 5.73. The van der Waals surface area contributed by atoms with Crippen LogP contribution in [0.1, 0.15) is 25.8 Å². The third-order valence-electron chi connectivity index (χ3n) is 4.16. The maximum Gasteiger partial charge on any atom is 0.229 e. The average Bonchev–Trinajstić information content (AvgIpc) is 3.15. The van der Waals surface area contributed by atoms with Crippen molar-refractivity contribution in [3.8, 4) is 17.2 Å². The first-order valence-electron chi connectivity index (χ1n) is 8.74. The molecule has 1 aromatic heterocycles. The van der Waals surface area contributed by atoms with Crippen LogP contribution in [0, 0.1) is 0 Å². The summed E-state index contributed by atoms with van der Waals surface area (Å²) in [6, 6.07) is 15.9. The fourth-order valence-electron chi connectivity index (χ4n) is 2.54. The zero-order valence-corrected chi connectivity index (χ0v) is 15.3. The molecule has 0 aliphatic rings. The van der Waals surface area contributed by atoms with Crippen molar-refractivity contribution in [3.05, 3.63) is 60.4 Å². The molecular weight excluding hydrogens is 328 g/mol. The molecule has 0 saturated carbocycles. The highest BCUT2D eigenvalue weighted by Crippen LogP contribution is 2.29. The van der Waals surface area contributed by atoms with Crippen molar-refractivity contribution in [2.45, 2.75) is 32.9 Å². The molecule has 0 radical (unpaired) electrons. The quantitative estimate of drug-likeness (QED) is 0.662. The summed E-state index contributed by atoms with van der Waals surface area (Å²) < 4.78 is 13.3. The molecule has 6 nitrogen and oxygen atoms in total. The minimum Gasteiger partial charge on any atom is -0.493 e. The molecular formula is C20H24N4O2. The van der Waals surface area contributed by atoms with Gasteiger partial charge < -0.3 is 14.8 Å². The maximum atomic E-state index is 5.97. The summed E-state index contributed by atoms with van der Waals surface area (Å²) in [6.45, 7) is 4.75. The van der Waals surface area contributed by atoms with Crippen LogP contribution in [-0.2, 0) is 6.54 Å². The van der Waals surface area contributed by atoms with Crippen LogP contribution >= 0.6 is 0 Å². The first-order chi connectivity index (χ1) is 12.7. The summed E-state index contributed by atoms with van der Waals surface area (Å²) in [7, 11) is 1.65. The van der Waals surface area contributed by atoms with Gasteiger partial charge in [0.15, 0.2) is 11.5 Å². The number of aromatic nitrogens is 3. The summed E-state index contributed by atoms with van der Waals surface area (Å²) >= 11 is 0. The Morgan fingerprint density at radius 1 is 1.12 bits per heavy atom. The monoisotopic (exact) mass is 352 g/mol. The van der Waals surface area contributed by atoms with Crippen LogP contribution in [0.2, 0.25) is 0 Å². The van der Waals surface area contributed by atoms with Gasteiger partial charge >= 0.3 is 0 Å². The van der Waals surface area contributed by atoms with Gasteiger partial charge in [0.25, 0.3) is 0 Å². The Labute approximate surface area is 153 Å². The van der Waals surface area contributed by atoms with E-state index in [2.05, 4.69) is 22.4 Å². The molecule has 0 fully saturated rings. The number of methoxy groups -OCH3 is 1. The van der Waals surface area contributed by atoms with Gasteiger partial charge in [-0.15, -0.1) is 10.2 Å². The second-order valence-electron chi connectivity index (χ2n) is 6.04. The number of ether oxygens (including phenoxy) is 2. The summed E-state index contributed by atoms with van der Waals surface area (Å²) in [4.78, 5) is 0. The number of para-hydroxylation sites is 1. The predicted octanol–water partition coefficient (Wildman–Crippen LogP) is 4.07. The third-order valence-corrected chi connectivity index (χ3v) is 4.16. The Hall–Kier alpha value is -3.02. The van der Waals surface area contributed by atoms with E-state index < -0.39 is 0 Å². The Morgan fingerprint density at radius 3 is 2.65 bits per heavy atom. The lowest BCUT2D eigenvalue weighted by Gasteiger charge is -2.17. The lowest BCUT2D eigenvalue weighted by molar-refractivity contribution is 0.207. The minimum atomic E-state index is 0.133. The molecule has 0 amide bonds. The van der Waals surface area contributed by atoms with E-state index in [-0.39, 0.29) is 6.10 Å². The van der Waals surface area contributed by atoms with Gasteiger partial charge in [-0.05, 0) is 43.2 Å². The van der Waals surface area contributed by atoms with E-state index >= 15 is 0 Å². The fraction of sp³-hybridized carbons (Fsp3) is 0.300. The van der Waals surface area contributed by atoms with E-state index in [1.165, 1.54) is 0 Å². The highest BCUT2D eigenvalue weighted by Gasteiger charge is 2.10. The molecule has 0 bridgehead atoms. The van der Waals surface area contributed by atoms with Crippen LogP contribution in [-0.4, -0.2) is 28.0 Å². The topological polar surface area (TPSA) is 61.2 Å². The number of hydrogen-bond donors (Lipinski definition) is 1.